The van der Waals surface area contributed by atoms with Gasteiger partial charge in [0.2, 0.25) is 5.69 Å². The predicted octanol–water partition coefficient (Wildman–Crippen LogP) is 18.3. The molecule has 0 fully saturated rings. The molecule has 0 N–H and O–H groups in total. The van der Waals surface area contributed by atoms with Crippen LogP contribution >= 0.6 is 0 Å². The van der Waals surface area contributed by atoms with Gasteiger partial charge in [0.05, 0.1) is 97.8 Å². The molecule has 0 atom stereocenters. The Labute approximate surface area is 482 Å². The highest BCUT2D eigenvalue weighted by Gasteiger charge is 2.32. The predicted molar refractivity (Wildman–Crippen MR) is 318 cm³/mol. The van der Waals surface area contributed by atoms with E-state index in [9.17, 15) is 31.2 Å². The van der Waals surface area contributed by atoms with E-state index in [0.29, 0.717) is 38.3 Å². The van der Waals surface area contributed by atoms with Crippen molar-refractivity contribution in [3.05, 3.63) is 260 Å². The van der Waals surface area contributed by atoms with E-state index in [4.69, 9.17) is 25.4 Å². The van der Waals surface area contributed by atoms with Gasteiger partial charge in [-0.2, -0.15) is 0 Å². The van der Waals surface area contributed by atoms with Crippen LogP contribution in [-0.2, 0) is 0 Å². The van der Waals surface area contributed by atoms with Crippen LogP contribution in [0.2, 0.25) is 0 Å². The minimum atomic E-state index is -0.943. The molecule has 5 heterocycles. The fourth-order valence-corrected chi connectivity index (χ4v) is 10.6. The van der Waals surface area contributed by atoms with Gasteiger partial charge >= 0.3 is 0 Å². The second kappa shape index (κ2) is 17.1. The van der Waals surface area contributed by atoms with Crippen molar-refractivity contribution in [3.8, 4) is 62.4 Å². The molecule has 16 aromatic rings. The van der Waals surface area contributed by atoms with Crippen LogP contribution in [-0.4, -0.2) is 28.7 Å². The second-order valence-corrected chi connectivity index (χ2v) is 17.8. The Kier molecular flexibility index (Phi) is 5.50. The summed E-state index contributed by atoms with van der Waals surface area (Å²) in [7, 11) is 0. The summed E-state index contributed by atoms with van der Waals surface area (Å²) in [5.41, 5.74) is -4.74. The van der Waals surface area contributed by atoms with Gasteiger partial charge in [-0.05, 0) is 71.7 Å². The molecule has 8 nitrogen and oxygen atoms in total. The van der Waals surface area contributed by atoms with Crippen LogP contribution in [0.15, 0.2) is 253 Å². The first-order valence-corrected chi connectivity index (χ1v) is 23.9. The quantitative estimate of drug-likeness (QED) is 0.149. The van der Waals surface area contributed by atoms with Crippen molar-refractivity contribution in [3.63, 3.8) is 0 Å². The molecule has 5 aromatic heterocycles. The molecule has 0 aliphatic heterocycles. The van der Waals surface area contributed by atoms with E-state index in [1.165, 1.54) is 4.57 Å². The van der Waals surface area contributed by atoms with Crippen molar-refractivity contribution in [1.82, 2.24) is 28.7 Å². The van der Waals surface area contributed by atoms with Gasteiger partial charge in [-0.1, -0.05) is 188 Å². The van der Waals surface area contributed by atoms with Crippen molar-refractivity contribution in [2.24, 2.45) is 0 Å². The van der Waals surface area contributed by atoms with E-state index in [1.807, 2.05) is 42.5 Å². The van der Waals surface area contributed by atoms with Crippen LogP contribution in [0.25, 0.3) is 155 Å². The number of hydrogen-bond acceptors (Lipinski definition) is 4. The van der Waals surface area contributed by atoms with Gasteiger partial charge in [-0.25, -0.2) is 19.8 Å². The van der Waals surface area contributed by atoms with Crippen molar-refractivity contribution >= 4 is 93.0 Å². The lowest BCUT2D eigenvalue weighted by atomic mass is 10.0. The third-order valence-electron chi connectivity index (χ3n) is 13.8. The Morgan fingerprint density at radius 2 is 0.872 bits per heavy atom. The van der Waals surface area contributed by atoms with Gasteiger partial charge in [0, 0.05) is 54.4 Å². The summed E-state index contributed by atoms with van der Waals surface area (Å²) in [6, 6.07) is 2.57. The molecule has 0 saturated heterocycles. The molecule has 0 unspecified atom stereocenters. The molecule has 0 spiro atoms. The number of fused-ring (bicyclic) bond motifs is 13. The molecule has 78 heavy (non-hydrogen) atoms. The van der Waals surface area contributed by atoms with Gasteiger partial charge in [-0.15, -0.1) is 0 Å². The summed E-state index contributed by atoms with van der Waals surface area (Å²) in [4.78, 5) is 18.4. The van der Waals surface area contributed by atoms with Crippen molar-refractivity contribution in [2.75, 3.05) is 0 Å². The number of furan rings is 1. The summed E-state index contributed by atoms with van der Waals surface area (Å²) in [6.07, 6.45) is 0. The van der Waals surface area contributed by atoms with Crippen LogP contribution in [0.5, 0.6) is 0 Å². The highest BCUT2D eigenvalue weighted by molar-refractivity contribution is 6.25. The number of aromatic nitrogens is 6. The van der Waals surface area contributed by atoms with E-state index in [0.717, 1.165) is 15.2 Å². The van der Waals surface area contributed by atoms with Crippen molar-refractivity contribution < 1.29 is 40.1 Å². The first-order valence-electron chi connectivity index (χ1n) is 36.9. The number of hydrogen-bond donors (Lipinski definition) is 0. The van der Waals surface area contributed by atoms with Crippen LogP contribution in [0.1, 0.15) is 35.6 Å². The Morgan fingerprint density at radius 3 is 1.46 bits per heavy atom. The lowest BCUT2D eigenvalue weighted by Crippen LogP contribution is -2.12. The first-order chi connectivity index (χ1) is 49.5. The molecule has 16 rings (SSSR count). The first kappa shape index (κ1) is 25.1. The highest BCUT2D eigenvalue weighted by Crippen LogP contribution is 2.51. The Bertz CT molecular complexity index is 6480. The molecule has 0 aliphatic rings. The summed E-state index contributed by atoms with van der Waals surface area (Å²) in [5, 5.41) is -0.210. The van der Waals surface area contributed by atoms with Gasteiger partial charge in [0.1, 0.15) is 11.2 Å². The zero-order chi connectivity index (χ0) is 74.1. The lowest BCUT2D eigenvalue weighted by Gasteiger charge is -2.26. The topological polar surface area (TPSA) is 71.0 Å². The van der Waals surface area contributed by atoms with E-state index in [-0.39, 0.29) is 16.6 Å². The second-order valence-electron chi connectivity index (χ2n) is 17.8. The molecule has 11 aromatic carbocycles. The number of benzene rings is 11. The zero-order valence-corrected chi connectivity index (χ0v) is 39.7. The summed E-state index contributed by atoms with van der Waals surface area (Å²) in [5.74, 6) is -2.54. The number of para-hydroxylation sites is 5. The van der Waals surface area contributed by atoms with E-state index >= 15 is 0 Å². The van der Waals surface area contributed by atoms with Gasteiger partial charge in [0.25, 0.3) is 0 Å². The van der Waals surface area contributed by atoms with Crippen LogP contribution in [0.3, 0.4) is 0 Å². The third kappa shape index (κ3) is 6.43. The van der Waals surface area contributed by atoms with E-state index < -0.39 is 258 Å². The Hall–Kier alpha value is -10.9. The van der Waals surface area contributed by atoms with Crippen LogP contribution < -0.4 is 0 Å². The van der Waals surface area contributed by atoms with E-state index in [2.05, 4.69) is 9.83 Å². The molecular formula is C70H41N7O. The molecule has 0 aliphatic carbocycles. The highest BCUT2D eigenvalue weighted by atomic mass is 16.3. The maximum atomic E-state index is 10.1. The Morgan fingerprint density at radius 1 is 0.372 bits per heavy atom. The average molecular weight is 1020 g/mol. The largest absolute Gasteiger partial charge is 0.455 e. The number of nitrogens with zero attached hydrogens (tertiary/aromatic N) is 7. The van der Waals surface area contributed by atoms with Crippen molar-refractivity contribution in [2.45, 2.75) is 0 Å². The summed E-state index contributed by atoms with van der Waals surface area (Å²) in [6.45, 7) is 9.59. The van der Waals surface area contributed by atoms with Crippen LogP contribution in [0.4, 0.5) is 5.69 Å². The standard InChI is InChI=1S/C70H41N7O/c1-71-55-42-54(70-73-68(44-23-7-3-8-24-44)72-69(74-70)45-25-9-4-10-26-45)64(75-56-32-16-11-27-47(56)48-28-12-17-33-57(48)75)66(65(55)76-58-34-18-13-29-49(58)50-30-14-19-35-59(50)76)77-60-39-37-46(43-21-5-2-6-22-43)41-53(60)63-61(77)40-38-52-51-31-15-20-36-62(51)78-67(52)63/h2-42H/i3D,4D,7D,8D,9D,10D,11D,12D,13D,14D,16D,17D,18D,19D,23D,24D,25D,26D,27D,28D,29D,30D,32D,33D,34D,35D. The zero-order valence-electron chi connectivity index (χ0n) is 65.7. The van der Waals surface area contributed by atoms with Gasteiger partial charge in [-0.3, -0.25) is 0 Å². The lowest BCUT2D eigenvalue weighted by molar-refractivity contribution is 0.673. The minimum Gasteiger partial charge on any atom is -0.455 e. The number of rotatable bonds is 7. The monoisotopic (exact) mass is 1020 g/mol. The molecule has 362 valence electrons. The SMILES string of the molecule is [2H]c1c([2H])c([2H])c(-c2nc(-c3cc([N+]#[C-])c(-n4c5c([2H])c([2H])c([2H])c([2H])c5c5c([2H])c([2H])c([2H])c([2H])c54)c(-n4c5ccc(-c6ccccc6)cc5c5c6oc7ccccc7c6ccc54)c3-n3c4c([2H])c([2H])c([2H])c([2H])c4c4c([2H])c([2H])c([2H])c([2H])c43)nc(-c3c([2H])c([2H])c([2H])c([2H])c3[2H])n2)c([2H])c1[2H]. The van der Waals surface area contributed by atoms with Gasteiger partial charge in [0.15, 0.2) is 17.5 Å². The normalized spacial score (nSPS) is 16.5. The van der Waals surface area contributed by atoms with Crippen molar-refractivity contribution in [1.29, 1.82) is 0 Å². The van der Waals surface area contributed by atoms with Gasteiger partial charge < -0.3 is 18.1 Å². The van der Waals surface area contributed by atoms with E-state index in [1.54, 1.807) is 42.5 Å². The minimum absolute atomic E-state index is 0.108. The fraction of sp³-hybridized carbons (Fsp3) is 0. The van der Waals surface area contributed by atoms with Crippen LogP contribution in [0, 0.1) is 6.57 Å². The summed E-state index contributed by atoms with van der Waals surface area (Å²) >= 11 is 0. The molecule has 0 bridgehead atoms. The third-order valence-corrected chi connectivity index (χ3v) is 13.8. The molecule has 8 heteroatoms. The maximum Gasteiger partial charge on any atom is 0.213 e. The average Bonchev–Trinajstić information content (AvgIpc) is 1.50. The smallest absolute Gasteiger partial charge is 0.213 e. The molecule has 0 amide bonds. The Balaban J connectivity index is 1.28. The molecule has 0 radical (unpaired) electrons. The molecule has 0 saturated carbocycles. The fourth-order valence-electron chi connectivity index (χ4n) is 10.6. The maximum absolute atomic E-state index is 10.1. The molecular weight excluding hydrogens is 955 g/mol. The summed E-state index contributed by atoms with van der Waals surface area (Å²) < 4.78 is 253.